The number of nitrogens with zero attached hydrogens (tertiary/aromatic N) is 4. The highest BCUT2D eigenvalue weighted by Gasteiger charge is 2.26. The van der Waals surface area contributed by atoms with E-state index in [9.17, 15) is 5.11 Å². The molecule has 1 aliphatic carbocycles. The number of hydrogen-bond acceptors (Lipinski definition) is 6. The van der Waals surface area contributed by atoms with Gasteiger partial charge < -0.3 is 9.63 Å². The first-order valence-corrected chi connectivity index (χ1v) is 9.04. The minimum atomic E-state index is -0.681. The number of aliphatic hydroxyl groups is 1. The molecule has 0 spiro atoms. The van der Waals surface area contributed by atoms with Crippen LogP contribution in [0.25, 0.3) is 22.4 Å². The third-order valence-electron chi connectivity index (χ3n) is 5.02. The van der Waals surface area contributed by atoms with E-state index < -0.39 is 6.10 Å². The fourth-order valence-corrected chi connectivity index (χ4v) is 3.58. The molecule has 1 atom stereocenters. The monoisotopic (exact) mass is 338 g/mol. The van der Waals surface area contributed by atoms with Gasteiger partial charge in [-0.25, -0.2) is 0 Å². The molecule has 0 aliphatic heterocycles. The van der Waals surface area contributed by atoms with Gasteiger partial charge in [0, 0.05) is 18.0 Å². The molecule has 0 bridgehead atoms. The van der Waals surface area contributed by atoms with E-state index in [1.54, 1.807) is 12.4 Å². The molecule has 0 radical (unpaired) electrons. The number of benzene rings is 1. The van der Waals surface area contributed by atoms with Gasteiger partial charge in [0.15, 0.2) is 0 Å². The van der Waals surface area contributed by atoms with Crippen molar-refractivity contribution in [2.45, 2.75) is 51.0 Å². The van der Waals surface area contributed by atoms with E-state index in [1.165, 1.54) is 19.3 Å². The first-order valence-electron chi connectivity index (χ1n) is 9.04. The van der Waals surface area contributed by atoms with Gasteiger partial charge in [-0.1, -0.05) is 37.3 Å². The number of rotatable bonds is 3. The van der Waals surface area contributed by atoms with E-state index in [1.807, 2.05) is 18.2 Å². The van der Waals surface area contributed by atoms with E-state index in [0.29, 0.717) is 11.7 Å². The largest absolute Gasteiger partial charge is 0.383 e. The van der Waals surface area contributed by atoms with Crippen molar-refractivity contribution in [3.8, 4) is 11.4 Å². The van der Waals surface area contributed by atoms with Crippen molar-refractivity contribution in [3.05, 3.63) is 36.5 Å². The highest BCUT2D eigenvalue weighted by molar-refractivity contribution is 5.79. The van der Waals surface area contributed by atoms with E-state index in [2.05, 4.69) is 20.1 Å². The molecule has 0 saturated heterocycles. The van der Waals surface area contributed by atoms with Gasteiger partial charge in [0.1, 0.15) is 6.10 Å². The van der Waals surface area contributed by atoms with Crippen LogP contribution >= 0.6 is 0 Å². The van der Waals surface area contributed by atoms with Crippen LogP contribution in [-0.2, 0) is 0 Å². The smallest absolute Gasteiger partial charge is 0.256 e. The Morgan fingerprint density at radius 3 is 2.48 bits per heavy atom. The molecule has 1 aromatic carbocycles. The van der Waals surface area contributed by atoms with E-state index in [4.69, 9.17) is 4.52 Å². The fourth-order valence-electron chi connectivity index (χ4n) is 3.58. The lowest BCUT2D eigenvalue weighted by Gasteiger charge is -2.22. The molecular formula is C19H22N4O2. The molecular weight excluding hydrogens is 316 g/mol. The quantitative estimate of drug-likeness (QED) is 0.775. The average Bonchev–Trinajstić information content (AvgIpc) is 3.11. The third kappa shape index (κ3) is 3.54. The Bertz CT molecular complexity index is 840. The molecule has 1 saturated carbocycles. The third-order valence-corrected chi connectivity index (χ3v) is 5.02. The Kier molecular flexibility index (Phi) is 4.70. The van der Waals surface area contributed by atoms with Crippen LogP contribution in [0.5, 0.6) is 0 Å². The van der Waals surface area contributed by atoms with Gasteiger partial charge in [-0.3, -0.25) is 9.97 Å². The summed E-state index contributed by atoms with van der Waals surface area (Å²) in [6, 6.07) is 5.67. The van der Waals surface area contributed by atoms with E-state index in [-0.39, 0.29) is 5.92 Å². The molecule has 6 nitrogen and oxygen atoms in total. The first kappa shape index (κ1) is 16.1. The molecule has 1 aliphatic rings. The number of fused-ring (bicyclic) bond motifs is 1. The zero-order valence-corrected chi connectivity index (χ0v) is 14.1. The maximum Gasteiger partial charge on any atom is 0.256 e. The Morgan fingerprint density at radius 1 is 0.960 bits per heavy atom. The lowest BCUT2D eigenvalue weighted by atomic mass is 9.87. The van der Waals surface area contributed by atoms with Crippen molar-refractivity contribution in [1.29, 1.82) is 0 Å². The van der Waals surface area contributed by atoms with Crippen molar-refractivity contribution in [1.82, 2.24) is 20.1 Å². The Labute approximate surface area is 146 Å². The molecule has 6 heteroatoms. The molecule has 1 N–H and O–H groups in total. The van der Waals surface area contributed by atoms with Gasteiger partial charge in [-0.15, -0.1) is 0 Å². The molecule has 25 heavy (non-hydrogen) atoms. The standard InChI is InChI=1S/C19H22N4O2/c24-17(13-6-4-2-1-3-5-7-13)19-22-18(23-25-19)14-8-9-15-16(12-14)21-11-10-20-15/h8-13,17,24H,1-7H2. The summed E-state index contributed by atoms with van der Waals surface area (Å²) in [5, 5.41) is 14.7. The minimum Gasteiger partial charge on any atom is -0.383 e. The number of aromatic nitrogens is 4. The molecule has 2 aromatic heterocycles. The second kappa shape index (κ2) is 7.27. The van der Waals surface area contributed by atoms with Gasteiger partial charge in [-0.2, -0.15) is 4.98 Å². The van der Waals surface area contributed by atoms with Gasteiger partial charge in [0.25, 0.3) is 5.89 Å². The van der Waals surface area contributed by atoms with Gasteiger partial charge in [0.05, 0.1) is 11.0 Å². The summed E-state index contributed by atoms with van der Waals surface area (Å²) in [6.45, 7) is 0. The topological polar surface area (TPSA) is 84.9 Å². The molecule has 0 amide bonds. The van der Waals surface area contributed by atoms with Crippen LogP contribution in [0.2, 0.25) is 0 Å². The SMILES string of the molecule is OC(c1nc(-c2ccc3nccnc3c2)no1)C1CCCCCCC1. The predicted octanol–water partition coefficient (Wildman–Crippen LogP) is 4.07. The highest BCUT2D eigenvalue weighted by atomic mass is 16.5. The van der Waals surface area contributed by atoms with Crippen molar-refractivity contribution in [2.75, 3.05) is 0 Å². The zero-order valence-electron chi connectivity index (χ0n) is 14.1. The molecule has 1 fully saturated rings. The van der Waals surface area contributed by atoms with Crippen molar-refractivity contribution >= 4 is 11.0 Å². The second-order valence-electron chi connectivity index (χ2n) is 6.77. The van der Waals surface area contributed by atoms with Crippen LogP contribution in [-0.4, -0.2) is 25.2 Å². The molecule has 1 unspecified atom stereocenters. The molecule has 2 heterocycles. The van der Waals surface area contributed by atoms with Crippen LogP contribution in [0.15, 0.2) is 35.1 Å². The first-order chi connectivity index (χ1) is 12.3. The summed E-state index contributed by atoms with van der Waals surface area (Å²) in [5.41, 5.74) is 2.42. The van der Waals surface area contributed by atoms with Crippen LogP contribution in [0, 0.1) is 5.92 Å². The van der Waals surface area contributed by atoms with Crippen LogP contribution in [0.3, 0.4) is 0 Å². The summed E-state index contributed by atoms with van der Waals surface area (Å²) in [5.74, 6) is 1.00. The molecule has 4 rings (SSSR count). The second-order valence-corrected chi connectivity index (χ2v) is 6.77. The molecule has 3 aromatic rings. The zero-order chi connectivity index (χ0) is 17.1. The van der Waals surface area contributed by atoms with E-state index in [0.717, 1.165) is 42.3 Å². The summed E-state index contributed by atoms with van der Waals surface area (Å²) in [6.07, 6.45) is 10.8. The number of aliphatic hydroxyl groups excluding tert-OH is 1. The van der Waals surface area contributed by atoms with Gasteiger partial charge >= 0.3 is 0 Å². The van der Waals surface area contributed by atoms with Gasteiger partial charge in [0.2, 0.25) is 5.82 Å². The fraction of sp³-hybridized carbons (Fsp3) is 0.474. The van der Waals surface area contributed by atoms with Crippen LogP contribution < -0.4 is 0 Å². The van der Waals surface area contributed by atoms with E-state index >= 15 is 0 Å². The Hall–Kier alpha value is -2.34. The molecule has 130 valence electrons. The normalized spacial score (nSPS) is 18.0. The summed E-state index contributed by atoms with van der Waals surface area (Å²) < 4.78 is 5.37. The van der Waals surface area contributed by atoms with Crippen molar-refractivity contribution < 1.29 is 9.63 Å². The average molecular weight is 338 g/mol. The maximum absolute atomic E-state index is 10.7. The Balaban J connectivity index is 1.55. The summed E-state index contributed by atoms with van der Waals surface area (Å²) in [7, 11) is 0. The highest BCUT2D eigenvalue weighted by Crippen LogP contribution is 2.33. The van der Waals surface area contributed by atoms with Crippen LogP contribution in [0.4, 0.5) is 0 Å². The minimum absolute atomic E-state index is 0.205. The van der Waals surface area contributed by atoms with Crippen molar-refractivity contribution in [3.63, 3.8) is 0 Å². The lowest BCUT2D eigenvalue weighted by Crippen LogP contribution is -2.14. The summed E-state index contributed by atoms with van der Waals surface area (Å²) in [4.78, 5) is 13.0. The predicted molar refractivity (Wildman–Crippen MR) is 93.6 cm³/mol. The maximum atomic E-state index is 10.7. The lowest BCUT2D eigenvalue weighted by molar-refractivity contribution is 0.0605. The van der Waals surface area contributed by atoms with Crippen molar-refractivity contribution in [2.24, 2.45) is 5.92 Å². The number of hydrogen-bond donors (Lipinski definition) is 1. The summed E-state index contributed by atoms with van der Waals surface area (Å²) >= 11 is 0. The van der Waals surface area contributed by atoms with Crippen LogP contribution in [0.1, 0.15) is 56.9 Å². The van der Waals surface area contributed by atoms with Gasteiger partial charge in [-0.05, 0) is 37.0 Å². The Morgan fingerprint density at radius 2 is 1.68 bits per heavy atom.